The molecule has 0 aliphatic heterocycles. The van der Waals surface area contributed by atoms with Gasteiger partial charge >= 0.3 is 0 Å². The molecule has 0 atom stereocenters. The number of nitrogens with zero attached hydrogens (tertiary/aromatic N) is 1. The van der Waals surface area contributed by atoms with Crippen molar-refractivity contribution in [1.82, 2.24) is 4.90 Å². The minimum atomic E-state index is 0.241. The van der Waals surface area contributed by atoms with E-state index in [1.54, 1.807) is 5.57 Å². The largest absolute Gasteiger partial charge is 0.300 e. The highest BCUT2D eigenvalue weighted by Gasteiger charge is 2.36. The van der Waals surface area contributed by atoms with Crippen molar-refractivity contribution in [3.63, 3.8) is 0 Å². The Kier molecular flexibility index (Phi) is 4.81. The van der Waals surface area contributed by atoms with Crippen LogP contribution in [0.4, 0.5) is 0 Å². The number of allylic oxidation sites excluding steroid dienone is 2. The van der Waals surface area contributed by atoms with Gasteiger partial charge in [0.05, 0.1) is 0 Å². The molecule has 1 aromatic rings. The van der Waals surface area contributed by atoms with Crippen LogP contribution in [0.15, 0.2) is 42.0 Å². The van der Waals surface area contributed by atoms with Crippen LogP contribution in [0.3, 0.4) is 0 Å². The van der Waals surface area contributed by atoms with Crippen molar-refractivity contribution in [3.8, 4) is 0 Å². The van der Waals surface area contributed by atoms with Crippen LogP contribution in [-0.4, -0.2) is 19.0 Å². The zero-order valence-electron chi connectivity index (χ0n) is 12.7. The molecule has 2 rings (SSSR count). The maximum absolute atomic E-state index is 2.48. The fraction of sp³-hybridized carbons (Fsp3) is 0.556. The van der Waals surface area contributed by atoms with E-state index in [1.165, 1.54) is 44.1 Å². The van der Waals surface area contributed by atoms with Gasteiger partial charge in [0, 0.05) is 5.54 Å². The highest BCUT2D eigenvalue weighted by molar-refractivity contribution is 5.27. The molecule has 1 heteroatoms. The van der Waals surface area contributed by atoms with Gasteiger partial charge in [0.1, 0.15) is 0 Å². The van der Waals surface area contributed by atoms with Gasteiger partial charge in [-0.15, -0.1) is 0 Å². The second kappa shape index (κ2) is 6.38. The van der Waals surface area contributed by atoms with Crippen molar-refractivity contribution < 1.29 is 0 Å². The van der Waals surface area contributed by atoms with E-state index in [2.05, 4.69) is 62.3 Å². The molecule has 0 unspecified atom stereocenters. The third-order valence-electron chi connectivity index (χ3n) is 4.61. The van der Waals surface area contributed by atoms with Crippen molar-refractivity contribution in [1.29, 1.82) is 0 Å². The number of hydrogen-bond donors (Lipinski definition) is 0. The van der Waals surface area contributed by atoms with Crippen LogP contribution in [0.25, 0.3) is 0 Å². The summed E-state index contributed by atoms with van der Waals surface area (Å²) in [6.45, 7) is 2.26. The van der Waals surface area contributed by atoms with E-state index in [0.29, 0.717) is 0 Å². The van der Waals surface area contributed by atoms with Gasteiger partial charge in [-0.1, -0.05) is 55.3 Å². The van der Waals surface area contributed by atoms with Crippen LogP contribution in [0.2, 0.25) is 0 Å². The van der Waals surface area contributed by atoms with Gasteiger partial charge in [-0.25, -0.2) is 0 Å². The summed E-state index contributed by atoms with van der Waals surface area (Å²) in [6, 6.07) is 11.0. The summed E-state index contributed by atoms with van der Waals surface area (Å²) >= 11 is 0. The predicted octanol–water partition coefficient (Wildman–Crippen LogP) is 4.74. The molecule has 1 aliphatic carbocycles. The van der Waals surface area contributed by atoms with Crippen LogP contribution < -0.4 is 0 Å². The van der Waals surface area contributed by atoms with E-state index in [4.69, 9.17) is 0 Å². The average Bonchev–Trinajstić information content (AvgIpc) is 2.46. The first-order chi connectivity index (χ1) is 9.19. The number of rotatable bonds is 4. The molecule has 1 saturated carbocycles. The first-order valence-corrected chi connectivity index (χ1v) is 7.60. The van der Waals surface area contributed by atoms with E-state index in [-0.39, 0.29) is 5.54 Å². The lowest BCUT2D eigenvalue weighted by Gasteiger charge is -2.44. The molecule has 0 spiro atoms. The minimum Gasteiger partial charge on any atom is -0.300 e. The summed E-state index contributed by atoms with van der Waals surface area (Å²) in [5.74, 6) is 0. The minimum absolute atomic E-state index is 0.241. The van der Waals surface area contributed by atoms with E-state index in [9.17, 15) is 0 Å². The number of benzene rings is 1. The lowest BCUT2D eigenvalue weighted by molar-refractivity contribution is 0.113. The van der Waals surface area contributed by atoms with Crippen LogP contribution in [0.1, 0.15) is 51.0 Å². The van der Waals surface area contributed by atoms with E-state index < -0.39 is 0 Å². The smallest absolute Gasteiger partial charge is 0.0460 e. The van der Waals surface area contributed by atoms with Gasteiger partial charge in [0.25, 0.3) is 0 Å². The van der Waals surface area contributed by atoms with Crippen LogP contribution in [-0.2, 0) is 5.54 Å². The highest BCUT2D eigenvalue weighted by atomic mass is 15.1. The number of hydrogen-bond acceptors (Lipinski definition) is 1. The van der Waals surface area contributed by atoms with Crippen LogP contribution in [0.5, 0.6) is 0 Å². The summed E-state index contributed by atoms with van der Waals surface area (Å²) < 4.78 is 0. The van der Waals surface area contributed by atoms with E-state index >= 15 is 0 Å². The fourth-order valence-corrected chi connectivity index (χ4v) is 3.28. The molecule has 0 amide bonds. The number of unbranched alkanes of at least 4 members (excludes halogenated alkanes) is 1. The van der Waals surface area contributed by atoms with Crippen LogP contribution in [0, 0.1) is 0 Å². The molecule has 1 nitrogen and oxygen atoms in total. The Morgan fingerprint density at radius 1 is 1.11 bits per heavy atom. The quantitative estimate of drug-likeness (QED) is 0.704. The molecule has 0 heterocycles. The average molecular weight is 257 g/mol. The molecule has 0 N–H and O–H groups in total. The second-order valence-electron chi connectivity index (χ2n) is 5.94. The van der Waals surface area contributed by atoms with Gasteiger partial charge in [0.2, 0.25) is 0 Å². The molecule has 0 aromatic heterocycles. The molecule has 0 saturated heterocycles. The van der Waals surface area contributed by atoms with Gasteiger partial charge in [-0.3, -0.25) is 4.90 Å². The molecule has 1 aliphatic rings. The topological polar surface area (TPSA) is 3.24 Å². The standard InChI is InChI=1S/C18H27N/c1-4-5-9-16-12-14-18(15-13-16,19(2)3)17-10-7-6-8-11-17/h6-11H,4-5,12-15H2,1-3H3. The van der Waals surface area contributed by atoms with E-state index in [0.717, 1.165) is 0 Å². The van der Waals surface area contributed by atoms with Crippen molar-refractivity contribution in [3.05, 3.63) is 47.5 Å². The maximum atomic E-state index is 2.48. The SMILES string of the molecule is CCCC=C1CCC(c2ccccc2)(N(C)C)CC1. The normalized spacial score (nSPS) is 23.7. The zero-order chi connectivity index (χ0) is 13.7. The third kappa shape index (κ3) is 3.09. The van der Waals surface area contributed by atoms with Gasteiger partial charge in [-0.2, -0.15) is 0 Å². The molecule has 0 radical (unpaired) electrons. The van der Waals surface area contributed by atoms with Gasteiger partial charge in [-0.05, 0) is 51.8 Å². The molecule has 1 aromatic carbocycles. The third-order valence-corrected chi connectivity index (χ3v) is 4.61. The Hall–Kier alpha value is -1.08. The summed E-state index contributed by atoms with van der Waals surface area (Å²) in [4.78, 5) is 2.43. The van der Waals surface area contributed by atoms with Crippen molar-refractivity contribution in [2.45, 2.75) is 51.0 Å². The van der Waals surface area contributed by atoms with Crippen LogP contribution >= 0.6 is 0 Å². The predicted molar refractivity (Wildman–Crippen MR) is 83.3 cm³/mol. The first kappa shape index (κ1) is 14.3. The monoisotopic (exact) mass is 257 g/mol. The summed E-state index contributed by atoms with van der Waals surface area (Å²) in [7, 11) is 4.46. The van der Waals surface area contributed by atoms with Gasteiger partial charge in [0.15, 0.2) is 0 Å². The fourth-order valence-electron chi connectivity index (χ4n) is 3.28. The molecule has 104 valence electrons. The molecule has 0 bridgehead atoms. The van der Waals surface area contributed by atoms with Crippen molar-refractivity contribution >= 4 is 0 Å². The Labute approximate surface area is 118 Å². The molecule has 1 fully saturated rings. The van der Waals surface area contributed by atoms with Crippen molar-refractivity contribution in [2.24, 2.45) is 0 Å². The summed E-state index contributed by atoms with van der Waals surface area (Å²) in [5, 5.41) is 0. The molecule has 19 heavy (non-hydrogen) atoms. The lowest BCUT2D eigenvalue weighted by atomic mass is 9.74. The summed E-state index contributed by atoms with van der Waals surface area (Å²) in [6.07, 6.45) is 10.0. The van der Waals surface area contributed by atoms with Crippen molar-refractivity contribution in [2.75, 3.05) is 14.1 Å². The van der Waals surface area contributed by atoms with E-state index in [1.807, 2.05) is 0 Å². The highest BCUT2D eigenvalue weighted by Crippen LogP contribution is 2.42. The Bertz CT molecular complexity index is 407. The Morgan fingerprint density at radius 3 is 2.26 bits per heavy atom. The Balaban J connectivity index is 2.17. The lowest BCUT2D eigenvalue weighted by Crippen LogP contribution is -2.43. The summed E-state index contributed by atoms with van der Waals surface area (Å²) in [5.41, 5.74) is 3.40. The van der Waals surface area contributed by atoms with Gasteiger partial charge < -0.3 is 0 Å². The molecular formula is C18H27N. The Morgan fingerprint density at radius 2 is 1.74 bits per heavy atom. The molecular weight excluding hydrogens is 230 g/mol. The first-order valence-electron chi connectivity index (χ1n) is 7.60. The maximum Gasteiger partial charge on any atom is 0.0460 e. The zero-order valence-corrected chi connectivity index (χ0v) is 12.7. The second-order valence-corrected chi connectivity index (χ2v) is 5.94.